The number of rotatable bonds is 2. The van der Waals surface area contributed by atoms with Crippen LogP contribution in [0.1, 0.15) is 26.2 Å². The van der Waals surface area contributed by atoms with Crippen LogP contribution in [0.2, 0.25) is 0 Å². The number of nitrogens with zero attached hydrogens (tertiary/aromatic N) is 2. The number of nitrogens with one attached hydrogen (secondary N) is 1. The quantitative estimate of drug-likeness (QED) is 0.725. The van der Waals surface area contributed by atoms with Crippen LogP contribution >= 0.6 is 0 Å². The molecule has 8 heteroatoms. The molecule has 1 fully saturated rings. The minimum atomic E-state index is -3.07. The smallest absolute Gasteiger partial charge is 0.267 e. The predicted octanol–water partition coefficient (Wildman–Crippen LogP) is -0.712. The van der Waals surface area contributed by atoms with Gasteiger partial charge >= 0.3 is 0 Å². The molecule has 2 aliphatic rings. The summed E-state index contributed by atoms with van der Waals surface area (Å²) in [5.74, 6) is -0.479. The lowest BCUT2D eigenvalue weighted by molar-refractivity contribution is -0.130. The van der Waals surface area contributed by atoms with Crippen molar-refractivity contribution in [3.05, 3.63) is 0 Å². The average molecular weight is 287 g/mol. The summed E-state index contributed by atoms with van der Waals surface area (Å²) < 4.78 is 22.9. The van der Waals surface area contributed by atoms with Crippen LogP contribution in [0, 0.1) is 0 Å². The summed E-state index contributed by atoms with van der Waals surface area (Å²) in [4.78, 5) is 23.3. The Morgan fingerprint density at radius 2 is 2.11 bits per heavy atom. The van der Waals surface area contributed by atoms with Gasteiger partial charge in [-0.2, -0.15) is 5.10 Å². The van der Waals surface area contributed by atoms with Crippen molar-refractivity contribution in [1.82, 2.24) is 10.3 Å². The number of amides is 2. The fraction of sp³-hybridized carbons (Fsp3) is 0.727. The van der Waals surface area contributed by atoms with Crippen LogP contribution in [-0.2, 0) is 19.4 Å². The van der Waals surface area contributed by atoms with E-state index in [-0.39, 0.29) is 41.9 Å². The van der Waals surface area contributed by atoms with Crippen LogP contribution in [0.3, 0.4) is 0 Å². The van der Waals surface area contributed by atoms with Crippen LogP contribution in [0.25, 0.3) is 0 Å². The average Bonchev–Trinajstić information content (AvgIpc) is 2.56. The van der Waals surface area contributed by atoms with E-state index in [1.807, 2.05) is 0 Å². The molecule has 2 rings (SSSR count). The number of carbonyl (C=O) groups is 2. The summed E-state index contributed by atoms with van der Waals surface area (Å²) >= 11 is 0. The second-order valence-electron chi connectivity index (χ2n) is 5.32. The zero-order chi connectivity index (χ0) is 14.3. The van der Waals surface area contributed by atoms with E-state index in [1.54, 1.807) is 6.92 Å². The van der Waals surface area contributed by atoms with Crippen LogP contribution in [-0.4, -0.2) is 55.0 Å². The molecule has 2 heterocycles. The molecular weight excluding hydrogens is 270 g/mol. The molecule has 1 saturated heterocycles. The van der Waals surface area contributed by atoms with Crippen molar-refractivity contribution in [2.75, 3.05) is 18.6 Å². The third-order valence-corrected chi connectivity index (χ3v) is 5.29. The van der Waals surface area contributed by atoms with E-state index in [4.69, 9.17) is 0 Å². The van der Waals surface area contributed by atoms with Gasteiger partial charge in [0.15, 0.2) is 9.84 Å². The van der Waals surface area contributed by atoms with E-state index in [1.165, 1.54) is 7.05 Å². The maximum atomic E-state index is 12.0. The van der Waals surface area contributed by atoms with Crippen LogP contribution in [0.5, 0.6) is 0 Å². The summed E-state index contributed by atoms with van der Waals surface area (Å²) in [6, 6.07) is 0. The molecule has 0 radical (unpaired) electrons. The zero-order valence-electron chi connectivity index (χ0n) is 11.0. The Morgan fingerprint density at radius 3 is 2.63 bits per heavy atom. The summed E-state index contributed by atoms with van der Waals surface area (Å²) in [7, 11) is -1.57. The van der Waals surface area contributed by atoms with Gasteiger partial charge in [-0.05, 0) is 13.3 Å². The number of hydrogen-bond donors (Lipinski definition) is 1. The number of hydrogen-bond acceptors (Lipinski definition) is 5. The Bertz CT molecular complexity index is 554. The first kappa shape index (κ1) is 14.0. The lowest BCUT2D eigenvalue weighted by Gasteiger charge is -2.26. The molecule has 2 aliphatic heterocycles. The molecule has 0 aliphatic carbocycles. The SMILES string of the molecule is CN1N=C(C(=O)N[C@]2(C)CCS(=O)(=O)C2)CCC1=O. The normalized spacial score (nSPS) is 30.1. The molecule has 0 bridgehead atoms. The highest BCUT2D eigenvalue weighted by atomic mass is 32.2. The van der Waals surface area contributed by atoms with Gasteiger partial charge in [0.05, 0.1) is 17.0 Å². The highest BCUT2D eigenvalue weighted by Crippen LogP contribution is 2.23. The fourth-order valence-electron chi connectivity index (χ4n) is 2.29. The van der Waals surface area contributed by atoms with Crippen LogP contribution in [0.15, 0.2) is 5.10 Å². The fourth-order valence-corrected chi connectivity index (χ4v) is 4.38. The van der Waals surface area contributed by atoms with E-state index < -0.39 is 15.4 Å². The molecule has 106 valence electrons. The van der Waals surface area contributed by atoms with E-state index in [9.17, 15) is 18.0 Å². The molecule has 1 N–H and O–H groups in total. The Kier molecular flexibility index (Phi) is 3.38. The van der Waals surface area contributed by atoms with Gasteiger partial charge in [0.2, 0.25) is 5.91 Å². The van der Waals surface area contributed by atoms with Gasteiger partial charge in [-0.15, -0.1) is 0 Å². The van der Waals surface area contributed by atoms with E-state index >= 15 is 0 Å². The van der Waals surface area contributed by atoms with Crippen molar-refractivity contribution >= 4 is 27.4 Å². The minimum absolute atomic E-state index is 0.0478. The molecule has 19 heavy (non-hydrogen) atoms. The second-order valence-corrected chi connectivity index (χ2v) is 7.50. The van der Waals surface area contributed by atoms with Gasteiger partial charge in [-0.3, -0.25) is 9.59 Å². The molecule has 0 saturated carbocycles. The number of sulfone groups is 1. The van der Waals surface area contributed by atoms with Gasteiger partial charge in [-0.25, -0.2) is 13.4 Å². The molecule has 0 spiro atoms. The first-order valence-electron chi connectivity index (χ1n) is 6.08. The molecule has 2 amide bonds. The highest BCUT2D eigenvalue weighted by molar-refractivity contribution is 7.91. The monoisotopic (exact) mass is 287 g/mol. The van der Waals surface area contributed by atoms with Crippen LogP contribution < -0.4 is 5.32 Å². The number of hydrazone groups is 1. The standard InChI is InChI=1S/C11H17N3O4S/c1-11(5-6-19(17,18)7-11)12-10(16)8-3-4-9(15)14(2)13-8/h3-7H2,1-2H3,(H,12,16)/t11-/m1/s1. The summed E-state index contributed by atoms with van der Waals surface area (Å²) in [6.07, 6.45) is 0.943. The van der Waals surface area contributed by atoms with Gasteiger partial charge in [-0.1, -0.05) is 0 Å². The third-order valence-electron chi connectivity index (χ3n) is 3.39. The van der Waals surface area contributed by atoms with Gasteiger partial charge in [0, 0.05) is 19.9 Å². The third kappa shape index (κ3) is 3.12. The molecular formula is C11H17N3O4S. The summed E-state index contributed by atoms with van der Waals surface area (Å²) in [6.45, 7) is 1.72. The Hall–Kier alpha value is -1.44. The van der Waals surface area contributed by atoms with Crippen molar-refractivity contribution in [3.8, 4) is 0 Å². The lowest BCUT2D eigenvalue weighted by Crippen LogP contribution is -2.50. The summed E-state index contributed by atoms with van der Waals surface area (Å²) in [5.41, 5.74) is -0.467. The van der Waals surface area contributed by atoms with Gasteiger partial charge < -0.3 is 5.32 Å². The zero-order valence-corrected chi connectivity index (χ0v) is 11.8. The molecule has 0 aromatic rings. The van der Waals surface area contributed by atoms with Crippen molar-refractivity contribution in [2.45, 2.75) is 31.7 Å². The largest absolute Gasteiger partial charge is 0.345 e. The van der Waals surface area contributed by atoms with Crippen molar-refractivity contribution < 1.29 is 18.0 Å². The summed E-state index contributed by atoms with van der Waals surface area (Å²) in [5, 5.41) is 7.79. The molecule has 0 aromatic heterocycles. The van der Waals surface area contributed by atoms with Crippen LogP contribution in [0.4, 0.5) is 0 Å². The van der Waals surface area contributed by atoms with Crippen molar-refractivity contribution in [3.63, 3.8) is 0 Å². The maximum Gasteiger partial charge on any atom is 0.267 e. The first-order chi connectivity index (χ1) is 8.71. The maximum absolute atomic E-state index is 12.0. The van der Waals surface area contributed by atoms with E-state index in [2.05, 4.69) is 10.4 Å². The minimum Gasteiger partial charge on any atom is -0.345 e. The van der Waals surface area contributed by atoms with Crippen molar-refractivity contribution in [2.24, 2.45) is 5.10 Å². The Morgan fingerprint density at radius 1 is 1.42 bits per heavy atom. The molecule has 1 atom stereocenters. The van der Waals surface area contributed by atoms with Crippen molar-refractivity contribution in [1.29, 1.82) is 0 Å². The second kappa shape index (κ2) is 4.59. The van der Waals surface area contributed by atoms with Gasteiger partial charge in [0.1, 0.15) is 5.71 Å². The van der Waals surface area contributed by atoms with Gasteiger partial charge in [0.25, 0.3) is 5.91 Å². The Labute approximate surface area is 112 Å². The topological polar surface area (TPSA) is 95.9 Å². The predicted molar refractivity (Wildman–Crippen MR) is 69.3 cm³/mol. The molecule has 0 aromatic carbocycles. The van der Waals surface area contributed by atoms with E-state index in [0.717, 1.165) is 5.01 Å². The first-order valence-corrected chi connectivity index (χ1v) is 7.90. The van der Waals surface area contributed by atoms with E-state index in [0.29, 0.717) is 6.42 Å². The lowest BCUT2D eigenvalue weighted by atomic mass is 10.0. The molecule has 0 unspecified atom stereocenters. The Balaban J connectivity index is 2.06. The molecule has 7 nitrogen and oxygen atoms in total. The number of carbonyl (C=O) groups excluding carboxylic acids is 2. The highest BCUT2D eigenvalue weighted by Gasteiger charge is 2.40.